The molecular formula is C74H56N2. The zero-order chi connectivity index (χ0) is 51.2. The number of fused-ring (bicyclic) bond motifs is 4. The van der Waals surface area contributed by atoms with Crippen LogP contribution in [-0.4, -0.2) is 0 Å². The van der Waals surface area contributed by atoms with E-state index < -0.39 is 0 Å². The van der Waals surface area contributed by atoms with E-state index in [1.807, 2.05) is 0 Å². The van der Waals surface area contributed by atoms with Crippen molar-refractivity contribution in [3.63, 3.8) is 0 Å². The van der Waals surface area contributed by atoms with Gasteiger partial charge < -0.3 is 9.80 Å². The third-order valence-corrected chi connectivity index (χ3v) is 15.6. The second-order valence-corrected chi connectivity index (χ2v) is 20.5. The summed E-state index contributed by atoms with van der Waals surface area (Å²) in [5.41, 5.74) is 24.9. The third-order valence-electron chi connectivity index (χ3n) is 15.6. The summed E-state index contributed by atoms with van der Waals surface area (Å²) in [5, 5.41) is 2.43. The molecule has 13 rings (SSSR count). The van der Waals surface area contributed by atoms with Crippen molar-refractivity contribution >= 4 is 44.9 Å². The predicted octanol–water partition coefficient (Wildman–Crippen LogP) is 20.7. The maximum Gasteiger partial charge on any atom is 0.0546 e. The van der Waals surface area contributed by atoms with Crippen LogP contribution in [0.2, 0.25) is 0 Å². The summed E-state index contributed by atoms with van der Waals surface area (Å²) in [7, 11) is 0. The van der Waals surface area contributed by atoms with E-state index >= 15 is 0 Å². The predicted molar refractivity (Wildman–Crippen MR) is 323 cm³/mol. The highest BCUT2D eigenvalue weighted by molar-refractivity contribution is 6.06. The molecule has 0 N–H and O–H groups in total. The Morgan fingerprint density at radius 1 is 0.276 bits per heavy atom. The Kier molecular flexibility index (Phi) is 11.8. The van der Waals surface area contributed by atoms with Gasteiger partial charge in [0.25, 0.3) is 0 Å². The third kappa shape index (κ3) is 8.25. The fraction of sp³-hybridized carbons (Fsp3) is 0.0541. The topological polar surface area (TPSA) is 6.48 Å². The number of hydrogen-bond acceptors (Lipinski definition) is 2. The lowest BCUT2D eigenvalue weighted by molar-refractivity contribution is 0.660. The zero-order valence-electron chi connectivity index (χ0n) is 43.0. The molecule has 12 aromatic carbocycles. The Balaban J connectivity index is 0.977. The van der Waals surface area contributed by atoms with E-state index in [4.69, 9.17) is 0 Å². The van der Waals surface area contributed by atoms with Gasteiger partial charge in [0.2, 0.25) is 0 Å². The van der Waals surface area contributed by atoms with Crippen molar-refractivity contribution in [1.82, 2.24) is 0 Å². The first-order valence-corrected chi connectivity index (χ1v) is 26.4. The monoisotopic (exact) mass is 972 g/mol. The molecule has 0 saturated heterocycles. The highest BCUT2D eigenvalue weighted by Crippen LogP contribution is 2.53. The first-order valence-electron chi connectivity index (χ1n) is 26.4. The molecule has 2 heteroatoms. The van der Waals surface area contributed by atoms with Crippen molar-refractivity contribution in [1.29, 1.82) is 0 Å². The highest BCUT2D eigenvalue weighted by atomic mass is 15.1. The standard InChI is InChI=1S/C74H56N2/c1-51-22-21-35-69-72(51)64-46-45-62(48-70(64)74(69,2)3)76(71-47-40-54-27-19-20-34-63(54)73(71)57-28-13-6-14-29-57)61-43-38-56(39-44-61)68-50-65(52-23-9-4-10-24-52)67(49-66(68)53-25-11-5-12-26-53)55-36-41-60(42-37-55)75(58-30-15-7-16-31-58)59-32-17-8-18-33-59/h4-50H,1-3H3. The summed E-state index contributed by atoms with van der Waals surface area (Å²) >= 11 is 0. The second-order valence-electron chi connectivity index (χ2n) is 20.5. The Morgan fingerprint density at radius 2 is 0.711 bits per heavy atom. The van der Waals surface area contributed by atoms with Gasteiger partial charge in [0, 0.05) is 39.4 Å². The van der Waals surface area contributed by atoms with Gasteiger partial charge in [-0.2, -0.15) is 0 Å². The Bertz CT molecular complexity index is 4000. The lowest BCUT2D eigenvalue weighted by Crippen LogP contribution is -2.17. The van der Waals surface area contributed by atoms with Crippen LogP contribution >= 0.6 is 0 Å². The van der Waals surface area contributed by atoms with E-state index in [9.17, 15) is 0 Å². The van der Waals surface area contributed by atoms with Crippen LogP contribution in [0.25, 0.3) is 77.5 Å². The number of aryl methyl sites for hydroxylation is 1. The quantitative estimate of drug-likeness (QED) is 0.127. The van der Waals surface area contributed by atoms with Gasteiger partial charge >= 0.3 is 0 Å². The summed E-state index contributed by atoms with van der Waals surface area (Å²) < 4.78 is 0. The molecule has 362 valence electrons. The minimum Gasteiger partial charge on any atom is -0.311 e. The Morgan fingerprint density at radius 3 is 1.25 bits per heavy atom. The average molecular weight is 973 g/mol. The van der Waals surface area contributed by atoms with Crippen molar-refractivity contribution < 1.29 is 0 Å². The van der Waals surface area contributed by atoms with E-state index in [1.54, 1.807) is 0 Å². The summed E-state index contributed by atoms with van der Waals surface area (Å²) in [6.07, 6.45) is 0. The van der Waals surface area contributed by atoms with Gasteiger partial charge in [0.05, 0.1) is 5.69 Å². The summed E-state index contributed by atoms with van der Waals surface area (Å²) in [5.74, 6) is 0. The van der Waals surface area contributed by atoms with Crippen molar-refractivity contribution in [3.05, 3.63) is 302 Å². The molecule has 0 spiro atoms. The van der Waals surface area contributed by atoms with Crippen molar-refractivity contribution in [2.45, 2.75) is 26.2 Å². The molecule has 0 bridgehead atoms. The number of rotatable bonds is 11. The molecule has 0 fully saturated rings. The van der Waals surface area contributed by atoms with Crippen molar-refractivity contribution in [2.75, 3.05) is 9.80 Å². The molecule has 0 radical (unpaired) electrons. The first-order chi connectivity index (χ1) is 37.4. The lowest BCUT2D eigenvalue weighted by Gasteiger charge is -2.30. The van der Waals surface area contributed by atoms with Gasteiger partial charge in [-0.25, -0.2) is 0 Å². The van der Waals surface area contributed by atoms with Crippen LogP contribution in [0, 0.1) is 6.92 Å². The minimum absolute atomic E-state index is 0.170. The first kappa shape index (κ1) is 46.3. The summed E-state index contributed by atoms with van der Waals surface area (Å²) in [6, 6.07) is 104. The maximum atomic E-state index is 2.49. The number of para-hydroxylation sites is 2. The molecule has 1 aliphatic rings. The smallest absolute Gasteiger partial charge is 0.0546 e. The molecule has 0 aliphatic heterocycles. The molecule has 0 heterocycles. The van der Waals surface area contributed by atoms with E-state index in [2.05, 4.69) is 316 Å². The molecule has 2 nitrogen and oxygen atoms in total. The van der Waals surface area contributed by atoms with Crippen LogP contribution in [0.1, 0.15) is 30.5 Å². The minimum atomic E-state index is -0.170. The van der Waals surface area contributed by atoms with E-state index in [1.165, 1.54) is 83.1 Å². The van der Waals surface area contributed by atoms with Crippen LogP contribution in [-0.2, 0) is 5.41 Å². The SMILES string of the molecule is Cc1cccc2c1-c1ccc(N(c3ccc(-c4cc(-c5ccccc5)c(-c5ccc(N(c6ccccc6)c6ccccc6)cc5)cc4-c4ccccc4)cc3)c3ccc4ccccc4c3-c3ccccc3)cc1C2(C)C. The van der Waals surface area contributed by atoms with E-state index in [0.717, 1.165) is 45.3 Å². The highest BCUT2D eigenvalue weighted by Gasteiger charge is 2.37. The molecule has 1 aliphatic carbocycles. The van der Waals surface area contributed by atoms with Gasteiger partial charge in [-0.15, -0.1) is 0 Å². The van der Waals surface area contributed by atoms with Gasteiger partial charge in [-0.1, -0.05) is 220 Å². The summed E-state index contributed by atoms with van der Waals surface area (Å²) in [6.45, 7) is 7.01. The molecule has 0 amide bonds. The normalized spacial score (nSPS) is 12.2. The van der Waals surface area contributed by atoms with Crippen LogP contribution in [0.4, 0.5) is 34.1 Å². The fourth-order valence-electron chi connectivity index (χ4n) is 11.9. The van der Waals surface area contributed by atoms with Crippen molar-refractivity contribution in [3.8, 4) is 66.8 Å². The molecular weight excluding hydrogens is 917 g/mol. The Labute approximate surface area is 447 Å². The van der Waals surface area contributed by atoms with Crippen LogP contribution in [0.3, 0.4) is 0 Å². The van der Waals surface area contributed by atoms with E-state index in [-0.39, 0.29) is 5.41 Å². The molecule has 76 heavy (non-hydrogen) atoms. The number of anilines is 6. The molecule has 0 saturated carbocycles. The van der Waals surface area contributed by atoms with E-state index in [0.29, 0.717) is 0 Å². The molecule has 0 atom stereocenters. The zero-order valence-corrected chi connectivity index (χ0v) is 43.0. The number of benzene rings is 12. The van der Waals surface area contributed by atoms with Gasteiger partial charge in [-0.3, -0.25) is 0 Å². The Hall–Kier alpha value is -9.50. The van der Waals surface area contributed by atoms with Gasteiger partial charge in [0.15, 0.2) is 0 Å². The number of hydrogen-bond donors (Lipinski definition) is 0. The van der Waals surface area contributed by atoms with Gasteiger partial charge in [-0.05, 0) is 174 Å². The van der Waals surface area contributed by atoms with Crippen LogP contribution in [0.5, 0.6) is 0 Å². The molecule has 0 aromatic heterocycles. The molecule has 12 aromatic rings. The van der Waals surface area contributed by atoms with Crippen molar-refractivity contribution in [2.24, 2.45) is 0 Å². The maximum absolute atomic E-state index is 2.49. The average Bonchev–Trinajstić information content (AvgIpc) is 3.81. The van der Waals surface area contributed by atoms with Gasteiger partial charge in [0.1, 0.15) is 0 Å². The van der Waals surface area contributed by atoms with Crippen LogP contribution < -0.4 is 9.80 Å². The largest absolute Gasteiger partial charge is 0.311 e. The molecule has 0 unspecified atom stereocenters. The summed E-state index contributed by atoms with van der Waals surface area (Å²) in [4.78, 5) is 4.81. The lowest BCUT2D eigenvalue weighted by atomic mass is 9.82. The number of nitrogens with zero attached hydrogens (tertiary/aromatic N) is 2. The second kappa shape index (κ2) is 19.4. The van der Waals surface area contributed by atoms with Crippen LogP contribution in [0.15, 0.2) is 285 Å². The fourth-order valence-corrected chi connectivity index (χ4v) is 11.9.